The minimum atomic E-state index is -0.577. The highest BCUT2D eigenvalue weighted by molar-refractivity contribution is 5.85. The molecule has 1 aliphatic rings. The molecule has 1 fully saturated rings. The van der Waals surface area contributed by atoms with Crippen LogP contribution in [-0.4, -0.2) is 41.9 Å². The van der Waals surface area contributed by atoms with Gasteiger partial charge in [0.2, 0.25) is 0 Å². The summed E-state index contributed by atoms with van der Waals surface area (Å²) in [5.41, 5.74) is 1.49. The zero-order valence-corrected chi connectivity index (χ0v) is 19.0. The van der Waals surface area contributed by atoms with E-state index in [0.29, 0.717) is 23.2 Å². The molecule has 7 heteroatoms. The third-order valence-electron chi connectivity index (χ3n) is 5.24. The van der Waals surface area contributed by atoms with Crippen molar-refractivity contribution in [3.63, 3.8) is 0 Å². The second-order valence-corrected chi connectivity index (χ2v) is 9.39. The maximum absolute atomic E-state index is 14.2. The van der Waals surface area contributed by atoms with Gasteiger partial charge >= 0.3 is 6.09 Å². The van der Waals surface area contributed by atoms with Gasteiger partial charge in [0.05, 0.1) is 11.6 Å². The number of carbonyl (C=O) groups excluding carboxylic acids is 1. The molecule has 2 aromatic rings. The minimum absolute atomic E-state index is 0.268. The number of piperazine rings is 1. The SMILES string of the molecule is Cc1c(F)ccc2cc(C(C)NC(=O)OC(C)(C)C)c(N3CC(C)NC(C)C3)nc12. The molecule has 3 unspecified atom stereocenters. The van der Waals surface area contributed by atoms with Crippen molar-refractivity contribution in [2.75, 3.05) is 18.0 Å². The average Bonchev–Trinajstić information content (AvgIpc) is 2.61. The van der Waals surface area contributed by atoms with Crippen LogP contribution in [0.2, 0.25) is 0 Å². The summed E-state index contributed by atoms with van der Waals surface area (Å²) >= 11 is 0. The molecule has 0 aliphatic carbocycles. The minimum Gasteiger partial charge on any atom is -0.444 e. The maximum atomic E-state index is 14.2. The Kier molecular flexibility index (Phi) is 6.22. The molecule has 1 saturated heterocycles. The maximum Gasteiger partial charge on any atom is 0.408 e. The number of alkyl carbamates (subject to hydrolysis) is 1. The number of rotatable bonds is 3. The van der Waals surface area contributed by atoms with Crippen LogP contribution < -0.4 is 15.5 Å². The van der Waals surface area contributed by atoms with Gasteiger partial charge in [0, 0.05) is 41.7 Å². The van der Waals surface area contributed by atoms with Crippen LogP contribution >= 0.6 is 0 Å². The molecule has 0 radical (unpaired) electrons. The number of benzene rings is 1. The largest absolute Gasteiger partial charge is 0.444 e. The number of anilines is 1. The third-order valence-corrected chi connectivity index (χ3v) is 5.24. The van der Waals surface area contributed by atoms with Crippen molar-refractivity contribution in [1.29, 1.82) is 0 Å². The average molecular weight is 417 g/mol. The summed E-state index contributed by atoms with van der Waals surface area (Å²) in [6, 6.07) is 5.47. The molecule has 3 rings (SSSR count). The van der Waals surface area contributed by atoms with Crippen molar-refractivity contribution in [1.82, 2.24) is 15.6 Å². The van der Waals surface area contributed by atoms with Crippen LogP contribution in [0.5, 0.6) is 0 Å². The van der Waals surface area contributed by atoms with Crippen molar-refractivity contribution in [2.45, 2.75) is 72.2 Å². The number of hydrogen-bond donors (Lipinski definition) is 2. The van der Waals surface area contributed by atoms with Crippen LogP contribution in [0.3, 0.4) is 0 Å². The topological polar surface area (TPSA) is 66.5 Å². The lowest BCUT2D eigenvalue weighted by atomic mass is 10.0. The van der Waals surface area contributed by atoms with E-state index in [1.54, 1.807) is 13.0 Å². The smallest absolute Gasteiger partial charge is 0.408 e. The van der Waals surface area contributed by atoms with Crippen molar-refractivity contribution in [3.05, 3.63) is 35.1 Å². The molecule has 0 saturated carbocycles. The first-order chi connectivity index (χ1) is 13.9. The Morgan fingerprint density at radius 2 is 1.93 bits per heavy atom. The van der Waals surface area contributed by atoms with Gasteiger partial charge < -0.3 is 20.3 Å². The zero-order chi connectivity index (χ0) is 22.2. The van der Waals surface area contributed by atoms with E-state index in [1.807, 2.05) is 33.8 Å². The van der Waals surface area contributed by atoms with Crippen LogP contribution in [-0.2, 0) is 4.74 Å². The van der Waals surface area contributed by atoms with Crippen LogP contribution in [0.1, 0.15) is 58.7 Å². The number of ether oxygens (including phenoxy) is 1. The van der Waals surface area contributed by atoms with Gasteiger partial charge in [0.1, 0.15) is 17.2 Å². The Morgan fingerprint density at radius 3 is 2.53 bits per heavy atom. The number of hydrogen-bond acceptors (Lipinski definition) is 5. The second-order valence-electron chi connectivity index (χ2n) is 9.39. The highest BCUT2D eigenvalue weighted by atomic mass is 19.1. The quantitative estimate of drug-likeness (QED) is 0.774. The Bertz CT molecular complexity index is 931. The Labute approximate surface area is 178 Å². The van der Waals surface area contributed by atoms with Gasteiger partial charge in [0.15, 0.2) is 0 Å². The molecule has 1 aromatic carbocycles. The van der Waals surface area contributed by atoms with E-state index in [0.717, 1.165) is 29.9 Å². The zero-order valence-electron chi connectivity index (χ0n) is 19.0. The predicted octanol–water partition coefficient (Wildman–Crippen LogP) is 4.45. The monoisotopic (exact) mass is 416 g/mol. The molecule has 1 amide bonds. The highest BCUT2D eigenvalue weighted by Crippen LogP contribution is 2.32. The van der Waals surface area contributed by atoms with Crippen LogP contribution in [0.15, 0.2) is 18.2 Å². The summed E-state index contributed by atoms with van der Waals surface area (Å²) < 4.78 is 19.6. The predicted molar refractivity (Wildman–Crippen MR) is 118 cm³/mol. The van der Waals surface area contributed by atoms with Gasteiger partial charge in [-0.05, 0) is 66.7 Å². The lowest BCUT2D eigenvalue weighted by Gasteiger charge is -2.38. The fraction of sp³-hybridized carbons (Fsp3) is 0.565. The third kappa shape index (κ3) is 5.01. The number of nitrogens with zero attached hydrogens (tertiary/aromatic N) is 2. The van der Waals surface area contributed by atoms with E-state index in [-0.39, 0.29) is 11.9 Å². The standard InChI is InChI=1S/C23H33FN4O2/c1-13-11-28(12-14(2)25-13)21-18(16(4)26-22(29)30-23(5,6)7)10-17-8-9-19(24)15(3)20(17)27-21/h8-10,13-14,16,25H,11-12H2,1-7H3,(H,26,29). The van der Waals surface area contributed by atoms with E-state index in [9.17, 15) is 9.18 Å². The Balaban J connectivity index is 2.04. The first kappa shape index (κ1) is 22.3. The van der Waals surface area contributed by atoms with Gasteiger partial charge in [-0.25, -0.2) is 14.2 Å². The van der Waals surface area contributed by atoms with Gasteiger partial charge in [-0.1, -0.05) is 0 Å². The summed E-state index contributed by atoms with van der Waals surface area (Å²) in [7, 11) is 0. The van der Waals surface area contributed by atoms with Gasteiger partial charge in [-0.2, -0.15) is 0 Å². The number of amides is 1. The molecule has 3 atom stereocenters. The van der Waals surface area contributed by atoms with Crippen LogP contribution in [0, 0.1) is 12.7 Å². The van der Waals surface area contributed by atoms with Crippen molar-refractivity contribution in [3.8, 4) is 0 Å². The fourth-order valence-electron chi connectivity index (χ4n) is 4.00. The summed E-state index contributed by atoms with van der Waals surface area (Å²) in [4.78, 5) is 19.5. The van der Waals surface area contributed by atoms with Gasteiger partial charge in [0.25, 0.3) is 0 Å². The molecule has 6 nitrogen and oxygen atoms in total. The summed E-state index contributed by atoms with van der Waals surface area (Å²) in [5, 5.41) is 7.30. The number of pyridine rings is 1. The normalized spacial score (nSPS) is 20.9. The molecule has 0 spiro atoms. The van der Waals surface area contributed by atoms with Crippen molar-refractivity contribution < 1.29 is 13.9 Å². The number of halogens is 1. The Morgan fingerprint density at radius 1 is 1.30 bits per heavy atom. The lowest BCUT2D eigenvalue weighted by Crippen LogP contribution is -2.54. The van der Waals surface area contributed by atoms with E-state index in [2.05, 4.69) is 29.4 Å². The first-order valence-electron chi connectivity index (χ1n) is 10.5. The summed E-state index contributed by atoms with van der Waals surface area (Å²) in [5.74, 6) is 0.510. The highest BCUT2D eigenvalue weighted by Gasteiger charge is 2.27. The van der Waals surface area contributed by atoms with Crippen LogP contribution in [0.4, 0.5) is 15.0 Å². The molecule has 0 bridgehead atoms. The van der Waals surface area contributed by atoms with Crippen molar-refractivity contribution >= 4 is 22.8 Å². The number of nitrogens with one attached hydrogen (secondary N) is 2. The van der Waals surface area contributed by atoms with E-state index in [4.69, 9.17) is 9.72 Å². The van der Waals surface area contributed by atoms with Gasteiger partial charge in [-0.3, -0.25) is 0 Å². The van der Waals surface area contributed by atoms with Crippen molar-refractivity contribution in [2.24, 2.45) is 0 Å². The number of carbonyl (C=O) groups is 1. The van der Waals surface area contributed by atoms with Gasteiger partial charge in [-0.15, -0.1) is 0 Å². The molecule has 2 heterocycles. The summed E-state index contributed by atoms with van der Waals surface area (Å²) in [6.45, 7) is 15.0. The van der Waals surface area contributed by atoms with E-state index < -0.39 is 11.7 Å². The molecular formula is C23H33FN4O2. The number of aromatic nitrogens is 1. The lowest BCUT2D eigenvalue weighted by molar-refractivity contribution is 0.0508. The van der Waals surface area contributed by atoms with E-state index in [1.165, 1.54) is 6.07 Å². The fourth-order valence-corrected chi connectivity index (χ4v) is 4.00. The van der Waals surface area contributed by atoms with E-state index >= 15 is 0 Å². The van der Waals surface area contributed by atoms with Crippen LogP contribution in [0.25, 0.3) is 10.9 Å². The molecule has 164 valence electrons. The number of fused-ring (bicyclic) bond motifs is 1. The first-order valence-corrected chi connectivity index (χ1v) is 10.5. The molecular weight excluding hydrogens is 383 g/mol. The summed E-state index contributed by atoms with van der Waals surface area (Å²) in [6.07, 6.45) is -0.474. The number of aryl methyl sites for hydroxylation is 1. The Hall–Kier alpha value is -2.41. The molecule has 1 aliphatic heterocycles. The molecule has 2 N–H and O–H groups in total. The molecule has 1 aromatic heterocycles. The second kappa shape index (κ2) is 8.38. The molecule has 30 heavy (non-hydrogen) atoms.